The molecule has 0 unspecified atom stereocenters. The van der Waals surface area contributed by atoms with Gasteiger partial charge in [-0.25, -0.2) is 5.43 Å². The number of rotatable bonds is 9. The number of ether oxygens (including phenoxy) is 2. The lowest BCUT2D eigenvalue weighted by atomic mass is 10.2. The van der Waals surface area contributed by atoms with Crippen molar-refractivity contribution < 1.29 is 14.3 Å². The highest BCUT2D eigenvalue weighted by Crippen LogP contribution is 2.22. The van der Waals surface area contributed by atoms with Gasteiger partial charge in [-0.3, -0.25) is 4.79 Å². The molecule has 0 atom stereocenters. The topological polar surface area (TPSA) is 59.9 Å². The van der Waals surface area contributed by atoms with E-state index in [0.717, 1.165) is 28.6 Å². The van der Waals surface area contributed by atoms with Crippen LogP contribution in [0.2, 0.25) is 0 Å². The molecule has 0 radical (unpaired) electrons. The molecular weight excluding hydrogens is 396 g/mol. The molecule has 138 valence electrons. The third-order valence-corrected chi connectivity index (χ3v) is 4.02. The SMILES string of the molecule is CCCOc1ccc(Br)cc1/C=N/NC(=O)COc1ccc(CC)cc1. The Balaban J connectivity index is 1.87. The van der Waals surface area contributed by atoms with Gasteiger partial charge in [0.25, 0.3) is 5.91 Å². The number of halogens is 1. The second kappa shape index (κ2) is 10.6. The number of hydrogen-bond donors (Lipinski definition) is 1. The van der Waals surface area contributed by atoms with Gasteiger partial charge in [-0.05, 0) is 48.7 Å². The molecule has 2 rings (SSSR count). The Morgan fingerprint density at radius 1 is 1.15 bits per heavy atom. The highest BCUT2D eigenvalue weighted by atomic mass is 79.9. The van der Waals surface area contributed by atoms with Gasteiger partial charge in [0.1, 0.15) is 11.5 Å². The van der Waals surface area contributed by atoms with Gasteiger partial charge < -0.3 is 9.47 Å². The number of nitrogens with one attached hydrogen (secondary N) is 1. The number of aryl methyl sites for hydroxylation is 1. The number of carbonyl (C=O) groups is 1. The Hall–Kier alpha value is -2.34. The van der Waals surface area contributed by atoms with E-state index in [1.54, 1.807) is 6.21 Å². The summed E-state index contributed by atoms with van der Waals surface area (Å²) in [6, 6.07) is 13.3. The van der Waals surface area contributed by atoms with Gasteiger partial charge in [-0.1, -0.05) is 41.9 Å². The Morgan fingerprint density at radius 2 is 1.92 bits per heavy atom. The normalized spacial score (nSPS) is 10.7. The lowest BCUT2D eigenvalue weighted by Gasteiger charge is -2.08. The number of hydrogen-bond acceptors (Lipinski definition) is 4. The van der Waals surface area contributed by atoms with Gasteiger partial charge in [0.05, 0.1) is 12.8 Å². The van der Waals surface area contributed by atoms with Crippen molar-refractivity contribution in [1.82, 2.24) is 5.43 Å². The van der Waals surface area contributed by atoms with Crippen LogP contribution in [0.4, 0.5) is 0 Å². The van der Waals surface area contributed by atoms with E-state index in [4.69, 9.17) is 9.47 Å². The molecule has 26 heavy (non-hydrogen) atoms. The van der Waals surface area contributed by atoms with E-state index >= 15 is 0 Å². The molecule has 5 nitrogen and oxygen atoms in total. The number of hydrazone groups is 1. The third-order valence-electron chi connectivity index (χ3n) is 3.53. The monoisotopic (exact) mass is 418 g/mol. The molecule has 0 fully saturated rings. The zero-order chi connectivity index (χ0) is 18.8. The van der Waals surface area contributed by atoms with Crippen LogP contribution >= 0.6 is 15.9 Å². The average molecular weight is 419 g/mol. The van der Waals surface area contributed by atoms with Gasteiger partial charge >= 0.3 is 0 Å². The van der Waals surface area contributed by atoms with Crippen molar-refractivity contribution in [3.63, 3.8) is 0 Å². The van der Waals surface area contributed by atoms with Crippen molar-refractivity contribution >= 4 is 28.1 Å². The highest BCUT2D eigenvalue weighted by molar-refractivity contribution is 9.10. The van der Waals surface area contributed by atoms with Gasteiger partial charge in [-0.2, -0.15) is 5.10 Å². The quantitative estimate of drug-likeness (QED) is 0.486. The zero-order valence-corrected chi connectivity index (χ0v) is 16.6. The summed E-state index contributed by atoms with van der Waals surface area (Å²) in [7, 11) is 0. The smallest absolute Gasteiger partial charge is 0.277 e. The Morgan fingerprint density at radius 3 is 2.62 bits per heavy atom. The van der Waals surface area contributed by atoms with Crippen molar-refractivity contribution in [2.45, 2.75) is 26.7 Å². The Bertz CT molecular complexity index is 745. The summed E-state index contributed by atoms with van der Waals surface area (Å²) in [6.07, 6.45) is 3.44. The van der Waals surface area contributed by atoms with Crippen LogP contribution in [0.3, 0.4) is 0 Å². The predicted octanol–water partition coefficient (Wildman–Crippen LogP) is 4.33. The van der Waals surface area contributed by atoms with Crippen molar-refractivity contribution in [3.05, 3.63) is 58.1 Å². The van der Waals surface area contributed by atoms with E-state index in [-0.39, 0.29) is 12.5 Å². The highest BCUT2D eigenvalue weighted by Gasteiger charge is 2.04. The number of amides is 1. The minimum atomic E-state index is -0.327. The first-order valence-corrected chi connectivity index (χ1v) is 9.37. The second-order valence-electron chi connectivity index (χ2n) is 5.61. The van der Waals surface area contributed by atoms with Crippen molar-refractivity contribution in [2.24, 2.45) is 5.10 Å². The fraction of sp³-hybridized carbons (Fsp3) is 0.300. The first kappa shape index (κ1) is 20.0. The van der Waals surface area contributed by atoms with Crippen LogP contribution in [0.25, 0.3) is 0 Å². The molecule has 0 aliphatic rings. The molecule has 2 aromatic carbocycles. The minimum absolute atomic E-state index is 0.0967. The van der Waals surface area contributed by atoms with Crippen LogP contribution in [-0.2, 0) is 11.2 Å². The van der Waals surface area contributed by atoms with Crippen LogP contribution in [0.1, 0.15) is 31.4 Å². The standard InChI is InChI=1S/C20H23BrN2O3/c1-3-11-25-19-10-7-17(21)12-16(19)13-22-23-20(24)14-26-18-8-5-15(4-2)6-9-18/h5-10,12-13H,3-4,11,14H2,1-2H3,(H,23,24)/b22-13+. The molecule has 1 amide bonds. The van der Waals surface area contributed by atoms with Crippen LogP contribution < -0.4 is 14.9 Å². The molecule has 0 bridgehead atoms. The van der Waals surface area contributed by atoms with Crippen LogP contribution in [0.15, 0.2) is 52.0 Å². The van der Waals surface area contributed by atoms with Crippen LogP contribution in [0.5, 0.6) is 11.5 Å². The van der Waals surface area contributed by atoms with Crippen molar-refractivity contribution in [2.75, 3.05) is 13.2 Å². The predicted molar refractivity (Wildman–Crippen MR) is 107 cm³/mol. The molecule has 0 spiro atoms. The first-order valence-electron chi connectivity index (χ1n) is 8.58. The lowest BCUT2D eigenvalue weighted by Crippen LogP contribution is -2.24. The van der Waals surface area contributed by atoms with Crippen molar-refractivity contribution in [1.29, 1.82) is 0 Å². The number of nitrogens with zero attached hydrogens (tertiary/aromatic N) is 1. The maximum atomic E-state index is 11.9. The van der Waals surface area contributed by atoms with E-state index in [0.29, 0.717) is 12.4 Å². The molecule has 0 aliphatic carbocycles. The van der Waals surface area contributed by atoms with E-state index in [1.165, 1.54) is 5.56 Å². The van der Waals surface area contributed by atoms with Crippen molar-refractivity contribution in [3.8, 4) is 11.5 Å². The third kappa shape index (κ3) is 6.52. The second-order valence-corrected chi connectivity index (χ2v) is 6.53. The maximum Gasteiger partial charge on any atom is 0.277 e. The van der Waals surface area contributed by atoms with Gasteiger partial charge in [0.15, 0.2) is 6.61 Å². The molecule has 2 aromatic rings. The molecule has 0 heterocycles. The number of carbonyl (C=O) groups excluding carboxylic acids is 1. The summed E-state index contributed by atoms with van der Waals surface area (Å²) in [5.74, 6) is 1.05. The molecular formula is C20H23BrN2O3. The number of benzene rings is 2. The summed E-state index contributed by atoms with van der Waals surface area (Å²) in [5.41, 5.74) is 4.47. The summed E-state index contributed by atoms with van der Waals surface area (Å²) in [5, 5.41) is 3.99. The van der Waals surface area contributed by atoms with E-state index in [9.17, 15) is 4.79 Å². The average Bonchev–Trinajstić information content (AvgIpc) is 2.66. The largest absolute Gasteiger partial charge is 0.493 e. The molecule has 0 aliphatic heterocycles. The molecule has 1 N–H and O–H groups in total. The molecule has 6 heteroatoms. The molecule has 0 aromatic heterocycles. The fourth-order valence-electron chi connectivity index (χ4n) is 2.14. The minimum Gasteiger partial charge on any atom is -0.493 e. The maximum absolute atomic E-state index is 11.9. The molecule has 0 saturated carbocycles. The fourth-order valence-corrected chi connectivity index (χ4v) is 2.52. The van der Waals surface area contributed by atoms with Crippen LogP contribution in [0, 0.1) is 0 Å². The summed E-state index contributed by atoms with van der Waals surface area (Å²) in [6.45, 7) is 4.66. The van der Waals surface area contributed by atoms with E-state index in [1.807, 2.05) is 49.4 Å². The summed E-state index contributed by atoms with van der Waals surface area (Å²) in [4.78, 5) is 11.9. The van der Waals surface area contributed by atoms with E-state index < -0.39 is 0 Å². The first-order chi connectivity index (χ1) is 12.6. The molecule has 0 saturated heterocycles. The Labute approximate surface area is 162 Å². The lowest BCUT2D eigenvalue weighted by molar-refractivity contribution is -0.123. The van der Waals surface area contributed by atoms with Crippen LogP contribution in [-0.4, -0.2) is 25.3 Å². The summed E-state index contributed by atoms with van der Waals surface area (Å²) < 4.78 is 12.0. The van der Waals surface area contributed by atoms with E-state index in [2.05, 4.69) is 33.4 Å². The van der Waals surface area contributed by atoms with Gasteiger partial charge in [0.2, 0.25) is 0 Å². The Kier molecular flexibility index (Phi) is 8.15. The zero-order valence-electron chi connectivity index (χ0n) is 15.0. The summed E-state index contributed by atoms with van der Waals surface area (Å²) >= 11 is 3.42. The van der Waals surface area contributed by atoms with Gasteiger partial charge in [0, 0.05) is 10.0 Å². The van der Waals surface area contributed by atoms with Gasteiger partial charge in [-0.15, -0.1) is 0 Å².